The van der Waals surface area contributed by atoms with Crippen LogP contribution < -0.4 is 4.74 Å². The molecule has 0 amide bonds. The van der Waals surface area contributed by atoms with Crippen molar-refractivity contribution in [2.24, 2.45) is 0 Å². The second kappa shape index (κ2) is 13.8. The molecule has 0 aliphatic carbocycles. The van der Waals surface area contributed by atoms with Crippen LogP contribution in [-0.2, 0) is 14.3 Å². The molecule has 0 N–H and O–H groups in total. The Morgan fingerprint density at radius 2 is 1.63 bits per heavy atom. The number of esters is 2. The van der Waals surface area contributed by atoms with Gasteiger partial charge in [0.05, 0.1) is 11.1 Å². The zero-order chi connectivity index (χ0) is 20.1. The quantitative estimate of drug-likeness (QED) is 0.202. The van der Waals surface area contributed by atoms with E-state index in [4.69, 9.17) is 32.7 Å². The van der Waals surface area contributed by atoms with Crippen LogP contribution >= 0.6 is 23.2 Å². The Bertz CT molecular complexity index is 590. The fourth-order valence-electron chi connectivity index (χ4n) is 2.67. The van der Waals surface area contributed by atoms with E-state index in [0.717, 1.165) is 12.8 Å². The van der Waals surface area contributed by atoms with Gasteiger partial charge in [-0.1, -0.05) is 68.3 Å². The molecule has 4 nitrogen and oxygen atoms in total. The van der Waals surface area contributed by atoms with Crippen molar-refractivity contribution >= 4 is 35.1 Å². The molecule has 0 aromatic heterocycles. The maximum atomic E-state index is 11.9. The van der Waals surface area contributed by atoms with E-state index in [0.29, 0.717) is 11.4 Å². The van der Waals surface area contributed by atoms with Crippen molar-refractivity contribution in [3.63, 3.8) is 0 Å². The number of hydrogen-bond donors (Lipinski definition) is 0. The van der Waals surface area contributed by atoms with E-state index >= 15 is 0 Å². The van der Waals surface area contributed by atoms with Gasteiger partial charge in [-0.2, -0.15) is 0 Å². The molecule has 1 aromatic rings. The zero-order valence-corrected chi connectivity index (χ0v) is 17.8. The molecule has 1 unspecified atom stereocenters. The number of rotatable bonds is 13. The van der Waals surface area contributed by atoms with Gasteiger partial charge in [-0.25, -0.2) is 0 Å². The number of carbonyl (C=O) groups is 2. The molecule has 0 saturated carbocycles. The highest BCUT2D eigenvalue weighted by Gasteiger charge is 2.13. The highest BCUT2D eigenvalue weighted by atomic mass is 35.5. The molecule has 1 rings (SSSR count). The van der Waals surface area contributed by atoms with Gasteiger partial charge in [0.1, 0.15) is 5.02 Å². The summed E-state index contributed by atoms with van der Waals surface area (Å²) in [6.45, 7) is 4.12. The third-order valence-electron chi connectivity index (χ3n) is 4.20. The normalized spacial score (nSPS) is 11.9. The molecule has 6 heteroatoms. The van der Waals surface area contributed by atoms with E-state index in [1.807, 2.05) is 6.92 Å². The standard InChI is InChI=1S/C21H30Cl2O4/c1-3-4-5-6-7-8-11-16(2)26-19(24)14-10-15-20(25)27-18-13-9-12-17(22)21(18)23/h9,12-13,16H,3-8,10-11,14-15H2,1-2H3. The molecular formula is C21H30Cl2O4. The molecule has 0 saturated heterocycles. The zero-order valence-electron chi connectivity index (χ0n) is 16.3. The van der Waals surface area contributed by atoms with Crippen LogP contribution in [0.2, 0.25) is 10.0 Å². The summed E-state index contributed by atoms with van der Waals surface area (Å²) < 4.78 is 10.6. The summed E-state index contributed by atoms with van der Waals surface area (Å²) >= 11 is 11.8. The number of benzene rings is 1. The van der Waals surface area contributed by atoms with Crippen molar-refractivity contribution in [2.45, 2.75) is 84.2 Å². The summed E-state index contributed by atoms with van der Waals surface area (Å²) in [5.41, 5.74) is 0. The SMILES string of the molecule is CCCCCCCCC(C)OC(=O)CCCC(=O)Oc1cccc(Cl)c1Cl. The number of ether oxygens (including phenoxy) is 2. The van der Waals surface area contributed by atoms with Gasteiger partial charge in [0.2, 0.25) is 0 Å². The summed E-state index contributed by atoms with van der Waals surface area (Å²) in [5, 5.41) is 0.528. The third-order valence-corrected chi connectivity index (χ3v) is 5.00. The minimum Gasteiger partial charge on any atom is -0.463 e. The van der Waals surface area contributed by atoms with Gasteiger partial charge in [0.15, 0.2) is 5.75 Å². The average Bonchev–Trinajstić information content (AvgIpc) is 2.62. The minimum absolute atomic E-state index is 0.0825. The van der Waals surface area contributed by atoms with Crippen LogP contribution in [0.4, 0.5) is 0 Å². The lowest BCUT2D eigenvalue weighted by Crippen LogP contribution is -2.15. The van der Waals surface area contributed by atoms with E-state index in [9.17, 15) is 9.59 Å². The number of unbranched alkanes of at least 4 members (excludes halogenated alkanes) is 5. The van der Waals surface area contributed by atoms with Crippen LogP contribution in [0.3, 0.4) is 0 Å². The van der Waals surface area contributed by atoms with Gasteiger partial charge in [0, 0.05) is 12.8 Å². The number of halogens is 2. The molecule has 0 aliphatic heterocycles. The molecule has 0 aliphatic rings. The first-order valence-corrected chi connectivity index (χ1v) is 10.5. The highest BCUT2D eigenvalue weighted by molar-refractivity contribution is 6.43. The smallest absolute Gasteiger partial charge is 0.311 e. The first-order valence-electron chi connectivity index (χ1n) is 9.78. The summed E-state index contributed by atoms with van der Waals surface area (Å²) in [4.78, 5) is 23.7. The van der Waals surface area contributed by atoms with Crippen LogP contribution in [0.5, 0.6) is 5.75 Å². The Morgan fingerprint density at radius 3 is 2.37 bits per heavy atom. The highest BCUT2D eigenvalue weighted by Crippen LogP contribution is 2.31. The largest absolute Gasteiger partial charge is 0.463 e. The first-order chi connectivity index (χ1) is 12.9. The number of carbonyl (C=O) groups excluding carboxylic acids is 2. The van der Waals surface area contributed by atoms with Crippen LogP contribution in [0.25, 0.3) is 0 Å². The number of hydrogen-bond acceptors (Lipinski definition) is 4. The summed E-state index contributed by atoms with van der Waals surface area (Å²) in [6, 6.07) is 4.84. The van der Waals surface area contributed by atoms with Crippen LogP contribution in [0.1, 0.15) is 78.1 Å². The maximum Gasteiger partial charge on any atom is 0.311 e. The monoisotopic (exact) mass is 416 g/mol. The summed E-state index contributed by atoms with van der Waals surface area (Å²) in [7, 11) is 0. The van der Waals surface area contributed by atoms with E-state index in [1.54, 1.807) is 18.2 Å². The van der Waals surface area contributed by atoms with Crippen molar-refractivity contribution in [2.75, 3.05) is 0 Å². The lowest BCUT2D eigenvalue weighted by Gasteiger charge is -2.13. The van der Waals surface area contributed by atoms with Gasteiger partial charge in [-0.05, 0) is 38.3 Å². The lowest BCUT2D eigenvalue weighted by molar-refractivity contribution is -0.148. The van der Waals surface area contributed by atoms with Gasteiger partial charge in [-0.15, -0.1) is 0 Å². The topological polar surface area (TPSA) is 52.6 Å². The fourth-order valence-corrected chi connectivity index (χ4v) is 3.00. The van der Waals surface area contributed by atoms with Gasteiger partial charge >= 0.3 is 11.9 Å². The predicted octanol–water partition coefficient (Wildman–Crippen LogP) is 6.75. The summed E-state index contributed by atoms with van der Waals surface area (Å²) in [6.07, 6.45) is 8.79. The summed E-state index contributed by atoms with van der Waals surface area (Å²) in [5.74, 6) is -0.501. The average molecular weight is 417 g/mol. The Morgan fingerprint density at radius 1 is 0.963 bits per heavy atom. The Kier molecular flexibility index (Phi) is 12.2. The van der Waals surface area contributed by atoms with Crippen LogP contribution in [-0.4, -0.2) is 18.0 Å². The molecule has 0 radical (unpaired) electrons. The third kappa shape index (κ3) is 10.6. The molecular weight excluding hydrogens is 387 g/mol. The molecule has 0 bridgehead atoms. The minimum atomic E-state index is -0.452. The lowest BCUT2D eigenvalue weighted by atomic mass is 10.1. The predicted molar refractivity (Wildman–Crippen MR) is 109 cm³/mol. The van der Waals surface area contributed by atoms with Gasteiger partial charge < -0.3 is 9.47 Å². The van der Waals surface area contributed by atoms with Crippen molar-refractivity contribution < 1.29 is 19.1 Å². The Balaban J connectivity index is 2.15. The fraction of sp³-hybridized carbons (Fsp3) is 0.619. The first kappa shape index (κ1) is 23.8. The van der Waals surface area contributed by atoms with Gasteiger partial charge in [-0.3, -0.25) is 9.59 Å². The molecule has 152 valence electrons. The molecule has 0 spiro atoms. The van der Waals surface area contributed by atoms with Crippen molar-refractivity contribution in [1.82, 2.24) is 0 Å². The Hall–Kier alpha value is -1.26. The van der Waals surface area contributed by atoms with E-state index in [2.05, 4.69) is 6.92 Å². The van der Waals surface area contributed by atoms with Crippen molar-refractivity contribution in [3.05, 3.63) is 28.2 Å². The van der Waals surface area contributed by atoms with Crippen LogP contribution in [0.15, 0.2) is 18.2 Å². The van der Waals surface area contributed by atoms with Gasteiger partial charge in [0.25, 0.3) is 0 Å². The van der Waals surface area contributed by atoms with E-state index in [1.165, 1.54) is 32.1 Å². The maximum absolute atomic E-state index is 11.9. The molecule has 0 fully saturated rings. The van der Waals surface area contributed by atoms with E-state index in [-0.39, 0.29) is 35.7 Å². The molecule has 0 heterocycles. The van der Waals surface area contributed by atoms with Crippen molar-refractivity contribution in [1.29, 1.82) is 0 Å². The van der Waals surface area contributed by atoms with Crippen LogP contribution in [0, 0.1) is 0 Å². The molecule has 1 atom stereocenters. The van der Waals surface area contributed by atoms with Crippen molar-refractivity contribution in [3.8, 4) is 5.75 Å². The molecule has 1 aromatic carbocycles. The Labute approximate surface area is 172 Å². The van der Waals surface area contributed by atoms with E-state index < -0.39 is 5.97 Å². The second-order valence-corrected chi connectivity index (χ2v) is 7.52. The molecule has 27 heavy (non-hydrogen) atoms. The second-order valence-electron chi connectivity index (χ2n) is 6.74.